The molecule has 4 aliphatic heterocycles. The van der Waals surface area contributed by atoms with Gasteiger partial charge >= 0.3 is 6.01 Å². The molecular weight excluding hydrogens is 543 g/mol. The maximum atomic E-state index is 16.7. The first-order valence-electron chi connectivity index (χ1n) is 15.8. The molecule has 0 amide bonds. The molecule has 4 aliphatic rings. The Morgan fingerprint density at radius 1 is 1.07 bits per heavy atom. The predicted molar refractivity (Wildman–Crippen MR) is 166 cm³/mol. The fourth-order valence-electron chi connectivity index (χ4n) is 8.37. The van der Waals surface area contributed by atoms with Gasteiger partial charge in [0, 0.05) is 37.4 Å². The molecule has 0 saturated carbocycles. The van der Waals surface area contributed by atoms with Gasteiger partial charge in [-0.25, -0.2) is 4.39 Å². The second-order valence-electron chi connectivity index (χ2n) is 13.8. The number of hydrogen-bond donors (Lipinski definition) is 2. The number of piperidine rings is 1. The highest BCUT2D eigenvalue weighted by atomic mass is 19.1. The highest BCUT2D eigenvalue weighted by Crippen LogP contribution is 2.43. The van der Waals surface area contributed by atoms with Crippen molar-refractivity contribution in [1.82, 2.24) is 25.2 Å². The summed E-state index contributed by atoms with van der Waals surface area (Å²) in [6.07, 6.45) is 7.26. The number of ether oxygens (including phenoxy) is 1. The van der Waals surface area contributed by atoms with Gasteiger partial charge in [0.1, 0.15) is 29.4 Å². The van der Waals surface area contributed by atoms with E-state index in [1.54, 1.807) is 18.3 Å². The lowest BCUT2D eigenvalue weighted by molar-refractivity contribution is 0.108. The van der Waals surface area contributed by atoms with Crippen LogP contribution in [0.5, 0.6) is 11.8 Å². The molecule has 224 valence electrons. The second kappa shape index (κ2) is 9.99. The van der Waals surface area contributed by atoms with Gasteiger partial charge in [-0.3, -0.25) is 9.88 Å². The van der Waals surface area contributed by atoms with Gasteiger partial charge in [-0.1, -0.05) is 38.1 Å². The van der Waals surface area contributed by atoms with E-state index in [0.29, 0.717) is 35.3 Å². The topological polar surface area (TPSA) is 86.6 Å². The molecule has 2 atom stereocenters. The molecule has 43 heavy (non-hydrogen) atoms. The lowest BCUT2D eigenvalue weighted by atomic mass is 9.76. The van der Waals surface area contributed by atoms with Gasteiger partial charge in [0.25, 0.3) is 0 Å². The predicted octanol–water partition coefficient (Wildman–Crippen LogP) is 5.52. The number of aromatic hydroxyl groups is 1. The van der Waals surface area contributed by atoms with Crippen LogP contribution in [-0.2, 0) is 0 Å². The molecule has 9 heteroatoms. The Bertz CT molecular complexity index is 1720. The van der Waals surface area contributed by atoms with Gasteiger partial charge in [-0.2, -0.15) is 9.97 Å². The van der Waals surface area contributed by atoms with Gasteiger partial charge in [-0.15, -0.1) is 0 Å². The second-order valence-corrected chi connectivity index (χ2v) is 13.8. The van der Waals surface area contributed by atoms with E-state index in [4.69, 9.17) is 14.7 Å². The number of fused-ring (bicyclic) bond motifs is 4. The van der Waals surface area contributed by atoms with Crippen molar-refractivity contribution in [3.63, 3.8) is 0 Å². The standard InChI is InChI=1S/C34H39FN6O2/c1-33(2)19-37-27-9-14-40(18-26(27)33)31-25-17-36-29(24-16-22(42)15-21-7-3-4-8-23(21)24)28(35)30(25)38-32(39-31)43-20-34-10-5-12-41(34)13-6-11-34/h3-4,7-8,15-17,26-27,37,42H,5-6,9-14,18-20H2,1-2H3. The maximum absolute atomic E-state index is 16.7. The van der Waals surface area contributed by atoms with Crippen LogP contribution in [-0.4, -0.2) is 75.9 Å². The van der Waals surface area contributed by atoms with Crippen LogP contribution in [0.15, 0.2) is 42.6 Å². The summed E-state index contributed by atoms with van der Waals surface area (Å²) in [4.78, 5) is 19.2. The van der Waals surface area contributed by atoms with Crippen molar-refractivity contribution in [2.45, 2.75) is 57.5 Å². The largest absolute Gasteiger partial charge is 0.508 e. The number of halogens is 1. The monoisotopic (exact) mass is 582 g/mol. The average Bonchev–Trinajstić information content (AvgIpc) is 3.68. The van der Waals surface area contributed by atoms with E-state index in [9.17, 15) is 5.11 Å². The number of anilines is 1. The van der Waals surface area contributed by atoms with Gasteiger partial charge in [0.05, 0.1) is 10.9 Å². The van der Waals surface area contributed by atoms with Crippen LogP contribution in [0.4, 0.5) is 10.2 Å². The molecule has 4 fully saturated rings. The number of nitrogens with zero attached hydrogens (tertiary/aromatic N) is 5. The summed E-state index contributed by atoms with van der Waals surface area (Å²) in [5.41, 5.74) is 1.08. The number of phenols is 1. The van der Waals surface area contributed by atoms with Crippen LogP contribution in [0.25, 0.3) is 32.9 Å². The quantitative estimate of drug-likeness (QED) is 0.318. The Hall–Kier alpha value is -3.56. The maximum Gasteiger partial charge on any atom is 0.319 e. The van der Waals surface area contributed by atoms with E-state index in [2.05, 4.69) is 33.9 Å². The van der Waals surface area contributed by atoms with Gasteiger partial charge in [0.15, 0.2) is 5.82 Å². The van der Waals surface area contributed by atoms with E-state index in [1.807, 2.05) is 24.3 Å². The highest BCUT2D eigenvalue weighted by Gasteiger charge is 2.46. The minimum absolute atomic E-state index is 0.0266. The Labute approximate surface area is 251 Å². The van der Waals surface area contributed by atoms with Crippen molar-refractivity contribution >= 4 is 27.5 Å². The molecule has 6 heterocycles. The summed E-state index contributed by atoms with van der Waals surface area (Å²) in [5.74, 6) is 0.680. The Balaban J connectivity index is 1.24. The average molecular weight is 583 g/mol. The van der Waals surface area contributed by atoms with Crippen LogP contribution >= 0.6 is 0 Å². The molecule has 8 rings (SSSR count). The van der Waals surface area contributed by atoms with Crippen molar-refractivity contribution in [2.75, 3.05) is 44.2 Å². The van der Waals surface area contributed by atoms with Crippen molar-refractivity contribution < 1.29 is 14.2 Å². The van der Waals surface area contributed by atoms with Crippen molar-refractivity contribution in [1.29, 1.82) is 0 Å². The molecule has 2 aromatic heterocycles. The first kappa shape index (κ1) is 27.0. The summed E-state index contributed by atoms with van der Waals surface area (Å²) in [6, 6.07) is 11.6. The van der Waals surface area contributed by atoms with Crippen LogP contribution in [0.2, 0.25) is 0 Å². The van der Waals surface area contributed by atoms with Gasteiger partial charge in [-0.05, 0) is 79.4 Å². The van der Waals surface area contributed by atoms with E-state index in [0.717, 1.165) is 62.8 Å². The van der Waals surface area contributed by atoms with Crippen LogP contribution in [0.1, 0.15) is 46.0 Å². The summed E-state index contributed by atoms with van der Waals surface area (Å²) in [7, 11) is 0. The first-order chi connectivity index (χ1) is 20.8. The highest BCUT2D eigenvalue weighted by molar-refractivity contribution is 5.99. The molecule has 2 N–H and O–H groups in total. The molecule has 0 bridgehead atoms. The summed E-state index contributed by atoms with van der Waals surface area (Å²) >= 11 is 0. The zero-order valence-corrected chi connectivity index (χ0v) is 24.9. The number of benzene rings is 2. The molecule has 0 aliphatic carbocycles. The molecule has 4 aromatic rings. The van der Waals surface area contributed by atoms with Crippen molar-refractivity contribution in [3.05, 3.63) is 48.4 Å². The fourth-order valence-corrected chi connectivity index (χ4v) is 8.37. The first-order valence-corrected chi connectivity index (χ1v) is 15.8. The van der Waals surface area contributed by atoms with E-state index in [1.165, 1.54) is 12.8 Å². The Kier molecular flexibility index (Phi) is 6.28. The van der Waals surface area contributed by atoms with E-state index in [-0.39, 0.29) is 33.9 Å². The lowest BCUT2D eigenvalue weighted by Crippen LogP contribution is -2.47. The number of nitrogens with one attached hydrogen (secondary N) is 1. The number of phenolic OH excluding ortho intramolecular Hbond substituents is 1. The third kappa shape index (κ3) is 4.42. The fraction of sp³-hybridized carbons (Fsp3) is 0.500. The zero-order valence-electron chi connectivity index (χ0n) is 24.9. The smallest absolute Gasteiger partial charge is 0.319 e. The zero-order chi connectivity index (χ0) is 29.3. The SMILES string of the molecule is CC1(C)CNC2CCN(c3nc(OCC45CCCN4CCC5)nc4c(F)c(-c5cc(O)cc6ccccc56)ncc34)CC21. The third-order valence-electron chi connectivity index (χ3n) is 10.8. The van der Waals surface area contributed by atoms with Crippen LogP contribution in [0, 0.1) is 17.2 Å². The number of rotatable bonds is 5. The molecule has 0 radical (unpaired) electrons. The molecule has 0 spiro atoms. The van der Waals surface area contributed by atoms with Crippen LogP contribution in [0.3, 0.4) is 0 Å². The Morgan fingerprint density at radius 2 is 1.88 bits per heavy atom. The molecule has 2 aromatic carbocycles. The van der Waals surface area contributed by atoms with Gasteiger partial charge < -0.3 is 20.1 Å². The minimum Gasteiger partial charge on any atom is -0.508 e. The number of aromatic nitrogens is 3. The lowest BCUT2D eigenvalue weighted by Gasteiger charge is -2.40. The third-order valence-corrected chi connectivity index (χ3v) is 10.8. The molecular formula is C34H39FN6O2. The Morgan fingerprint density at radius 3 is 2.72 bits per heavy atom. The number of hydrogen-bond acceptors (Lipinski definition) is 8. The molecule has 4 saturated heterocycles. The van der Waals surface area contributed by atoms with E-state index >= 15 is 4.39 Å². The normalized spacial score (nSPS) is 24.5. The molecule has 8 nitrogen and oxygen atoms in total. The number of pyridine rings is 1. The summed E-state index contributed by atoms with van der Waals surface area (Å²) < 4.78 is 23.1. The summed E-state index contributed by atoms with van der Waals surface area (Å²) in [6.45, 7) is 10.00. The molecule has 2 unspecified atom stereocenters. The summed E-state index contributed by atoms with van der Waals surface area (Å²) in [5, 5.41) is 16.4. The minimum atomic E-state index is -0.527. The van der Waals surface area contributed by atoms with Crippen molar-refractivity contribution in [2.24, 2.45) is 11.3 Å². The van der Waals surface area contributed by atoms with E-state index < -0.39 is 5.82 Å². The van der Waals surface area contributed by atoms with Gasteiger partial charge in [0.2, 0.25) is 0 Å². The van der Waals surface area contributed by atoms with Crippen LogP contribution < -0.4 is 15.0 Å². The van der Waals surface area contributed by atoms with Crippen molar-refractivity contribution in [3.8, 4) is 23.0 Å².